The second-order valence-corrected chi connectivity index (χ2v) is 5.77. The number of unbranched alkanes of at least 4 members (excludes halogenated alkanes) is 1. The molecule has 6 nitrogen and oxygen atoms in total. The first kappa shape index (κ1) is 16.8. The number of ether oxygens (including phenoxy) is 1. The zero-order valence-corrected chi connectivity index (χ0v) is 14.0. The third-order valence-electron chi connectivity index (χ3n) is 3.87. The third kappa shape index (κ3) is 4.29. The summed E-state index contributed by atoms with van der Waals surface area (Å²) >= 11 is 0. The van der Waals surface area contributed by atoms with Crippen LogP contribution in [0, 0.1) is 0 Å². The van der Waals surface area contributed by atoms with Gasteiger partial charge in [0, 0.05) is 13.6 Å². The molecule has 0 saturated carbocycles. The first-order valence-electron chi connectivity index (χ1n) is 8.16. The number of rotatable bonds is 8. The fourth-order valence-corrected chi connectivity index (χ4v) is 2.45. The van der Waals surface area contributed by atoms with E-state index in [9.17, 15) is 4.79 Å². The molecule has 2 aromatic carbocycles. The van der Waals surface area contributed by atoms with Crippen molar-refractivity contribution in [3.8, 4) is 5.75 Å². The van der Waals surface area contributed by atoms with Crippen molar-refractivity contribution in [1.29, 1.82) is 0 Å². The largest absolute Gasteiger partial charge is 0.494 e. The molecule has 0 aliphatic heterocycles. The molecular formula is C19H20N2O4. The topological polar surface area (TPSA) is 75.8 Å². The van der Waals surface area contributed by atoms with Gasteiger partial charge in [0.15, 0.2) is 5.58 Å². The second kappa shape index (κ2) is 7.70. The quantitative estimate of drug-likeness (QED) is 0.628. The number of para-hydroxylation sites is 2. The lowest BCUT2D eigenvalue weighted by molar-refractivity contribution is 0.0697. The molecule has 0 radical (unpaired) electrons. The third-order valence-corrected chi connectivity index (χ3v) is 3.87. The van der Waals surface area contributed by atoms with Gasteiger partial charge in [-0.1, -0.05) is 12.1 Å². The molecule has 1 aromatic heterocycles. The molecule has 0 amide bonds. The van der Waals surface area contributed by atoms with Gasteiger partial charge in [-0.05, 0) is 49.2 Å². The van der Waals surface area contributed by atoms with Crippen LogP contribution in [0.25, 0.3) is 11.1 Å². The van der Waals surface area contributed by atoms with Gasteiger partial charge in [-0.3, -0.25) is 0 Å². The Labute approximate surface area is 145 Å². The minimum atomic E-state index is -0.936. The van der Waals surface area contributed by atoms with E-state index in [2.05, 4.69) is 4.98 Å². The monoisotopic (exact) mass is 340 g/mol. The summed E-state index contributed by atoms with van der Waals surface area (Å²) in [6.45, 7) is 1.39. The molecule has 0 saturated heterocycles. The minimum absolute atomic E-state index is 0.257. The number of carboxylic acid groups (broad SMARTS) is 1. The number of aromatic nitrogens is 1. The zero-order valence-electron chi connectivity index (χ0n) is 14.0. The molecule has 0 atom stereocenters. The lowest BCUT2D eigenvalue weighted by Gasteiger charge is -2.14. The summed E-state index contributed by atoms with van der Waals surface area (Å²) in [7, 11) is 1.95. The fourth-order valence-electron chi connectivity index (χ4n) is 2.45. The van der Waals surface area contributed by atoms with Crippen LogP contribution in [0.15, 0.2) is 52.9 Å². The van der Waals surface area contributed by atoms with Gasteiger partial charge in [0.25, 0.3) is 6.01 Å². The van der Waals surface area contributed by atoms with Crippen molar-refractivity contribution < 1.29 is 19.1 Å². The summed E-state index contributed by atoms with van der Waals surface area (Å²) in [6, 6.07) is 14.8. The van der Waals surface area contributed by atoms with Crippen LogP contribution < -0.4 is 9.64 Å². The number of carbonyl (C=O) groups is 1. The standard InChI is InChI=1S/C19H20N2O4/c1-21(19-20-16-6-2-3-7-17(16)25-19)12-4-5-13-24-15-10-8-14(9-11-15)18(22)23/h2-3,6-11H,4-5,12-13H2,1H3,(H,22,23). The van der Waals surface area contributed by atoms with Gasteiger partial charge in [0.05, 0.1) is 12.2 Å². The second-order valence-electron chi connectivity index (χ2n) is 5.77. The Bertz CT molecular complexity index is 809. The molecule has 3 rings (SSSR count). The van der Waals surface area contributed by atoms with Crippen LogP contribution in [0.2, 0.25) is 0 Å². The van der Waals surface area contributed by atoms with E-state index in [1.807, 2.05) is 36.2 Å². The predicted molar refractivity (Wildman–Crippen MR) is 95.4 cm³/mol. The van der Waals surface area contributed by atoms with E-state index in [0.29, 0.717) is 18.4 Å². The molecule has 6 heteroatoms. The molecule has 0 unspecified atom stereocenters. The molecule has 1 N–H and O–H groups in total. The van der Waals surface area contributed by atoms with Crippen molar-refractivity contribution in [2.24, 2.45) is 0 Å². The Morgan fingerprint density at radius 1 is 1.16 bits per heavy atom. The lowest BCUT2D eigenvalue weighted by atomic mass is 10.2. The van der Waals surface area contributed by atoms with Crippen molar-refractivity contribution in [1.82, 2.24) is 4.98 Å². The van der Waals surface area contributed by atoms with E-state index in [1.165, 1.54) is 0 Å². The van der Waals surface area contributed by atoms with Crippen LogP contribution in [0.4, 0.5) is 6.01 Å². The molecule has 0 bridgehead atoms. The van der Waals surface area contributed by atoms with Gasteiger partial charge in [-0.2, -0.15) is 4.98 Å². The maximum Gasteiger partial charge on any atom is 0.335 e. The molecular weight excluding hydrogens is 320 g/mol. The molecule has 0 spiro atoms. The molecule has 0 aliphatic carbocycles. The minimum Gasteiger partial charge on any atom is -0.494 e. The average Bonchev–Trinajstić information content (AvgIpc) is 3.06. The highest BCUT2D eigenvalue weighted by Crippen LogP contribution is 2.20. The number of fused-ring (bicyclic) bond motifs is 1. The first-order chi connectivity index (χ1) is 12.1. The van der Waals surface area contributed by atoms with Crippen molar-refractivity contribution >= 4 is 23.1 Å². The highest BCUT2D eigenvalue weighted by molar-refractivity contribution is 5.87. The summed E-state index contributed by atoms with van der Waals surface area (Å²) in [6.07, 6.45) is 1.81. The van der Waals surface area contributed by atoms with E-state index in [4.69, 9.17) is 14.3 Å². The number of hydrogen-bond acceptors (Lipinski definition) is 5. The van der Waals surface area contributed by atoms with E-state index in [1.54, 1.807) is 24.3 Å². The maximum atomic E-state index is 10.8. The van der Waals surface area contributed by atoms with E-state index in [-0.39, 0.29) is 5.56 Å². The number of oxazole rings is 1. The smallest absolute Gasteiger partial charge is 0.335 e. The molecule has 0 fully saturated rings. The zero-order chi connectivity index (χ0) is 17.6. The lowest BCUT2D eigenvalue weighted by Crippen LogP contribution is -2.19. The highest BCUT2D eigenvalue weighted by atomic mass is 16.5. The van der Waals surface area contributed by atoms with Crippen molar-refractivity contribution in [2.75, 3.05) is 25.1 Å². The number of aromatic carboxylic acids is 1. The average molecular weight is 340 g/mol. The number of carboxylic acids is 1. The maximum absolute atomic E-state index is 10.8. The molecule has 130 valence electrons. The highest BCUT2D eigenvalue weighted by Gasteiger charge is 2.09. The summed E-state index contributed by atoms with van der Waals surface area (Å²) < 4.78 is 11.3. The van der Waals surface area contributed by atoms with Crippen molar-refractivity contribution in [3.63, 3.8) is 0 Å². The summed E-state index contributed by atoms with van der Waals surface area (Å²) in [5.74, 6) is -0.258. The summed E-state index contributed by atoms with van der Waals surface area (Å²) in [5, 5.41) is 8.86. The molecule has 0 aliphatic rings. The normalized spacial score (nSPS) is 10.8. The van der Waals surface area contributed by atoms with Crippen LogP contribution >= 0.6 is 0 Å². The van der Waals surface area contributed by atoms with E-state index >= 15 is 0 Å². The van der Waals surface area contributed by atoms with Crippen LogP contribution in [-0.4, -0.2) is 36.3 Å². The Kier molecular flexibility index (Phi) is 5.18. The fraction of sp³-hybridized carbons (Fsp3) is 0.263. The van der Waals surface area contributed by atoms with Crippen LogP contribution in [0.1, 0.15) is 23.2 Å². The Morgan fingerprint density at radius 3 is 2.64 bits per heavy atom. The Balaban J connectivity index is 1.41. The molecule has 1 heterocycles. The van der Waals surface area contributed by atoms with Crippen LogP contribution in [0.5, 0.6) is 5.75 Å². The number of hydrogen-bond donors (Lipinski definition) is 1. The Hall–Kier alpha value is -3.02. The van der Waals surface area contributed by atoms with Gasteiger partial charge in [-0.25, -0.2) is 4.79 Å². The number of benzene rings is 2. The molecule has 3 aromatic rings. The van der Waals surface area contributed by atoms with E-state index in [0.717, 1.165) is 30.5 Å². The molecule has 25 heavy (non-hydrogen) atoms. The summed E-state index contributed by atoms with van der Waals surface area (Å²) in [4.78, 5) is 17.2. The van der Waals surface area contributed by atoms with Gasteiger partial charge in [-0.15, -0.1) is 0 Å². The van der Waals surface area contributed by atoms with Crippen LogP contribution in [0.3, 0.4) is 0 Å². The Morgan fingerprint density at radius 2 is 1.92 bits per heavy atom. The van der Waals surface area contributed by atoms with Gasteiger partial charge < -0.3 is 19.2 Å². The number of nitrogens with zero attached hydrogens (tertiary/aromatic N) is 2. The van der Waals surface area contributed by atoms with Gasteiger partial charge >= 0.3 is 5.97 Å². The van der Waals surface area contributed by atoms with Crippen molar-refractivity contribution in [2.45, 2.75) is 12.8 Å². The van der Waals surface area contributed by atoms with Gasteiger partial charge in [0.1, 0.15) is 11.3 Å². The van der Waals surface area contributed by atoms with E-state index < -0.39 is 5.97 Å². The summed E-state index contributed by atoms with van der Waals surface area (Å²) in [5.41, 5.74) is 1.90. The van der Waals surface area contributed by atoms with Gasteiger partial charge in [0.2, 0.25) is 0 Å². The van der Waals surface area contributed by atoms with Crippen molar-refractivity contribution in [3.05, 3.63) is 54.1 Å². The first-order valence-corrected chi connectivity index (χ1v) is 8.16. The van der Waals surface area contributed by atoms with Crippen LogP contribution in [-0.2, 0) is 0 Å². The number of anilines is 1. The SMILES string of the molecule is CN(CCCCOc1ccc(C(=O)O)cc1)c1nc2ccccc2o1. The predicted octanol–water partition coefficient (Wildman–Crippen LogP) is 3.82.